The first-order chi connectivity index (χ1) is 9.11. The predicted octanol–water partition coefficient (Wildman–Crippen LogP) is 1.81. The van der Waals surface area contributed by atoms with Gasteiger partial charge in [0.1, 0.15) is 21.6 Å². The number of halogens is 1. The summed E-state index contributed by atoms with van der Waals surface area (Å²) in [5.74, 6) is 0.653. The number of thiazole rings is 1. The summed E-state index contributed by atoms with van der Waals surface area (Å²) >= 11 is 1.38. The van der Waals surface area contributed by atoms with E-state index in [2.05, 4.69) is 20.3 Å². The maximum atomic E-state index is 5.74. The van der Waals surface area contributed by atoms with Gasteiger partial charge in [-0.15, -0.1) is 17.5 Å². The zero-order valence-corrected chi connectivity index (χ0v) is 12.7. The topological polar surface area (TPSA) is 91.7 Å². The Balaban J connectivity index is 0.00000147. The van der Waals surface area contributed by atoms with Crippen molar-refractivity contribution in [1.82, 2.24) is 25.0 Å². The van der Waals surface area contributed by atoms with Crippen LogP contribution in [0.5, 0.6) is 5.75 Å². The van der Waals surface area contributed by atoms with E-state index in [-0.39, 0.29) is 12.4 Å². The van der Waals surface area contributed by atoms with Gasteiger partial charge in [0.2, 0.25) is 0 Å². The number of nitrogen functional groups attached to an aromatic ring is 1. The third-order valence-electron chi connectivity index (χ3n) is 2.83. The number of nitrogens with zero attached hydrogens (tertiary/aromatic N) is 5. The largest absolute Gasteiger partial charge is 0.493 e. The second-order valence-corrected chi connectivity index (χ2v) is 5.08. The van der Waals surface area contributed by atoms with Gasteiger partial charge in [0, 0.05) is 7.05 Å². The van der Waals surface area contributed by atoms with Gasteiger partial charge in [-0.1, -0.05) is 16.6 Å². The third-order valence-corrected chi connectivity index (χ3v) is 3.73. The zero-order valence-electron chi connectivity index (χ0n) is 11.1. The van der Waals surface area contributed by atoms with E-state index in [4.69, 9.17) is 10.5 Å². The fourth-order valence-electron chi connectivity index (χ4n) is 2.03. The summed E-state index contributed by atoms with van der Waals surface area (Å²) in [7, 11) is 3.43. The van der Waals surface area contributed by atoms with Crippen LogP contribution in [-0.2, 0) is 7.05 Å². The van der Waals surface area contributed by atoms with Crippen LogP contribution in [0.3, 0.4) is 0 Å². The highest BCUT2D eigenvalue weighted by Gasteiger charge is 2.20. The number of methoxy groups -OCH3 is 1. The first-order valence-electron chi connectivity index (χ1n) is 5.57. The Morgan fingerprint density at radius 2 is 2.15 bits per heavy atom. The molecule has 0 radical (unpaired) electrons. The Hall–Kier alpha value is -1.93. The second-order valence-electron chi connectivity index (χ2n) is 4.05. The van der Waals surface area contributed by atoms with Gasteiger partial charge < -0.3 is 10.5 Å². The monoisotopic (exact) mass is 312 g/mol. The minimum atomic E-state index is 0. The average Bonchev–Trinajstić information content (AvgIpc) is 2.90. The molecule has 0 bridgehead atoms. The Morgan fingerprint density at radius 3 is 2.75 bits per heavy atom. The van der Waals surface area contributed by atoms with Crippen LogP contribution in [0.15, 0.2) is 6.20 Å². The van der Waals surface area contributed by atoms with Gasteiger partial charge in [0.05, 0.1) is 19.0 Å². The Labute approximate surface area is 125 Å². The molecule has 106 valence electrons. The van der Waals surface area contributed by atoms with Gasteiger partial charge >= 0.3 is 0 Å². The number of anilines is 1. The van der Waals surface area contributed by atoms with Crippen molar-refractivity contribution >= 4 is 39.1 Å². The van der Waals surface area contributed by atoms with E-state index in [1.165, 1.54) is 11.3 Å². The molecule has 0 aliphatic heterocycles. The molecule has 0 aliphatic rings. The Kier molecular flexibility index (Phi) is 3.78. The van der Waals surface area contributed by atoms with E-state index >= 15 is 0 Å². The SMILES string of the molecule is COc1c(-c2c(C)nnn2C)ncc2nc(N)sc12.Cl. The van der Waals surface area contributed by atoms with Crippen molar-refractivity contribution in [3.8, 4) is 17.1 Å². The maximum absolute atomic E-state index is 5.74. The summed E-state index contributed by atoms with van der Waals surface area (Å²) in [6, 6.07) is 0. The minimum absolute atomic E-state index is 0. The first kappa shape index (κ1) is 14.5. The molecule has 0 amide bonds. The molecule has 3 aromatic rings. The lowest BCUT2D eigenvalue weighted by Crippen LogP contribution is -1.99. The van der Waals surface area contributed by atoms with Crippen molar-refractivity contribution in [2.24, 2.45) is 7.05 Å². The fraction of sp³-hybridized carbons (Fsp3) is 0.273. The Bertz CT molecular complexity index is 748. The second kappa shape index (κ2) is 5.22. The molecule has 3 heterocycles. The minimum Gasteiger partial charge on any atom is -0.493 e. The summed E-state index contributed by atoms with van der Waals surface area (Å²) in [6.45, 7) is 1.88. The van der Waals surface area contributed by atoms with Gasteiger partial charge in [0.25, 0.3) is 0 Å². The smallest absolute Gasteiger partial charge is 0.181 e. The van der Waals surface area contributed by atoms with Crippen LogP contribution in [-0.4, -0.2) is 32.1 Å². The summed E-state index contributed by atoms with van der Waals surface area (Å²) in [6.07, 6.45) is 1.69. The number of fused-ring (bicyclic) bond motifs is 1. The highest BCUT2D eigenvalue weighted by atomic mass is 35.5. The standard InChI is InChI=1S/C11H12N6OS.ClH/c1-5-8(17(2)16-15-5)7-9(18-3)10-6(4-13-7)14-11(12)19-10;/h4H,1-3H3,(H2,12,14);1H. The third kappa shape index (κ3) is 2.06. The van der Waals surface area contributed by atoms with Crippen LogP contribution in [0.4, 0.5) is 5.13 Å². The molecule has 0 saturated carbocycles. The molecule has 0 aliphatic carbocycles. The van der Waals surface area contributed by atoms with Gasteiger partial charge in [0.15, 0.2) is 10.9 Å². The normalized spacial score (nSPS) is 10.6. The number of nitrogens with two attached hydrogens (primary N) is 1. The van der Waals surface area contributed by atoms with Gasteiger partial charge in [-0.2, -0.15) is 0 Å². The summed E-state index contributed by atoms with van der Waals surface area (Å²) < 4.78 is 8.05. The number of rotatable bonds is 2. The van der Waals surface area contributed by atoms with Crippen molar-refractivity contribution in [3.05, 3.63) is 11.9 Å². The molecular weight excluding hydrogens is 300 g/mol. The molecule has 9 heteroatoms. The average molecular weight is 313 g/mol. The number of hydrogen-bond acceptors (Lipinski definition) is 7. The summed E-state index contributed by atoms with van der Waals surface area (Å²) in [5.41, 5.74) is 8.79. The molecule has 0 aromatic carbocycles. The highest BCUT2D eigenvalue weighted by molar-refractivity contribution is 7.22. The van der Waals surface area contributed by atoms with Crippen molar-refractivity contribution < 1.29 is 4.74 Å². The molecule has 0 spiro atoms. The van der Waals surface area contributed by atoms with Gasteiger partial charge in [-0.05, 0) is 6.92 Å². The van der Waals surface area contributed by atoms with Gasteiger partial charge in [-0.3, -0.25) is 0 Å². The van der Waals surface area contributed by atoms with Crippen molar-refractivity contribution in [1.29, 1.82) is 0 Å². The van der Waals surface area contributed by atoms with Crippen LogP contribution in [0.2, 0.25) is 0 Å². The number of pyridine rings is 1. The molecule has 0 fully saturated rings. The summed E-state index contributed by atoms with van der Waals surface area (Å²) in [5, 5.41) is 8.51. The zero-order chi connectivity index (χ0) is 13.6. The number of hydrogen-bond donors (Lipinski definition) is 1. The van der Waals surface area contributed by atoms with E-state index in [0.29, 0.717) is 16.6 Å². The van der Waals surface area contributed by atoms with Crippen molar-refractivity contribution in [2.75, 3.05) is 12.8 Å². The number of ether oxygens (including phenoxy) is 1. The van der Waals surface area contributed by atoms with Crippen LogP contribution < -0.4 is 10.5 Å². The maximum Gasteiger partial charge on any atom is 0.181 e. The number of aryl methyl sites for hydroxylation is 2. The van der Waals surface area contributed by atoms with Gasteiger partial charge in [-0.25, -0.2) is 14.6 Å². The van der Waals surface area contributed by atoms with Crippen molar-refractivity contribution in [3.63, 3.8) is 0 Å². The lowest BCUT2D eigenvalue weighted by Gasteiger charge is -2.08. The van der Waals surface area contributed by atoms with E-state index in [0.717, 1.165) is 21.6 Å². The van der Waals surface area contributed by atoms with E-state index < -0.39 is 0 Å². The molecule has 3 rings (SSSR count). The Morgan fingerprint density at radius 1 is 1.40 bits per heavy atom. The predicted molar refractivity (Wildman–Crippen MR) is 80.4 cm³/mol. The fourth-order valence-corrected chi connectivity index (χ4v) is 2.86. The molecule has 7 nitrogen and oxygen atoms in total. The quantitative estimate of drug-likeness (QED) is 0.776. The first-order valence-corrected chi connectivity index (χ1v) is 6.39. The van der Waals surface area contributed by atoms with E-state index in [9.17, 15) is 0 Å². The number of aromatic nitrogens is 5. The highest BCUT2D eigenvalue weighted by Crippen LogP contribution is 2.38. The molecule has 0 saturated heterocycles. The van der Waals surface area contributed by atoms with Crippen LogP contribution in [0.25, 0.3) is 21.6 Å². The lowest BCUT2D eigenvalue weighted by atomic mass is 10.2. The summed E-state index contributed by atoms with van der Waals surface area (Å²) in [4.78, 5) is 8.62. The lowest BCUT2D eigenvalue weighted by molar-refractivity contribution is 0.420. The van der Waals surface area contributed by atoms with E-state index in [1.54, 1.807) is 18.0 Å². The van der Waals surface area contributed by atoms with Crippen LogP contribution in [0.1, 0.15) is 5.69 Å². The molecule has 2 N–H and O–H groups in total. The molecule has 3 aromatic heterocycles. The van der Waals surface area contributed by atoms with Crippen molar-refractivity contribution in [2.45, 2.75) is 6.92 Å². The molecule has 0 atom stereocenters. The van der Waals surface area contributed by atoms with Crippen LogP contribution >= 0.6 is 23.7 Å². The van der Waals surface area contributed by atoms with E-state index in [1.807, 2.05) is 14.0 Å². The molecule has 20 heavy (non-hydrogen) atoms. The van der Waals surface area contributed by atoms with Crippen LogP contribution in [0, 0.1) is 6.92 Å². The molecule has 0 unspecified atom stereocenters. The molecular formula is C11H13ClN6OS.